The van der Waals surface area contributed by atoms with Crippen LogP contribution in [0.2, 0.25) is 0 Å². The lowest BCUT2D eigenvalue weighted by atomic mass is 10.2. The maximum Gasteiger partial charge on any atom is 0.153 e. The number of anilines is 1. The molecular weight excluding hydrogens is 240 g/mol. The van der Waals surface area contributed by atoms with E-state index in [1.165, 1.54) is 0 Å². The molecule has 2 heterocycles. The van der Waals surface area contributed by atoms with Gasteiger partial charge < -0.3 is 10.0 Å². The molecule has 1 aliphatic heterocycles. The summed E-state index contributed by atoms with van der Waals surface area (Å²) in [6.07, 6.45) is 1.10. The van der Waals surface area contributed by atoms with Crippen molar-refractivity contribution in [2.45, 2.75) is 13.0 Å². The summed E-state index contributed by atoms with van der Waals surface area (Å²) in [5.41, 5.74) is 1.53. The van der Waals surface area contributed by atoms with Gasteiger partial charge in [-0.1, -0.05) is 0 Å². The Morgan fingerprint density at radius 2 is 2.00 bits per heavy atom. The Morgan fingerprint density at radius 1 is 1.35 bits per heavy atom. The Kier molecular flexibility index (Phi) is 3.35. The Bertz CT molecular complexity index is 468. The van der Waals surface area contributed by atoms with Gasteiger partial charge in [-0.2, -0.15) is 0 Å². The Balaban J connectivity index is 2.09. The molecule has 17 heavy (non-hydrogen) atoms. The summed E-state index contributed by atoms with van der Waals surface area (Å²) < 4.78 is 22.6. The zero-order valence-electron chi connectivity index (χ0n) is 9.70. The van der Waals surface area contributed by atoms with Crippen molar-refractivity contribution < 1.29 is 13.5 Å². The number of aliphatic hydroxyl groups is 1. The van der Waals surface area contributed by atoms with Crippen molar-refractivity contribution in [2.24, 2.45) is 0 Å². The predicted molar refractivity (Wildman–Crippen MR) is 65.7 cm³/mol. The molecule has 0 amide bonds. The first-order valence-corrected chi connectivity index (χ1v) is 7.39. The summed E-state index contributed by atoms with van der Waals surface area (Å²) in [6.45, 7) is 2.69. The van der Waals surface area contributed by atoms with E-state index in [4.69, 9.17) is 0 Å². The van der Waals surface area contributed by atoms with Gasteiger partial charge in [0.2, 0.25) is 0 Å². The Labute approximate surface area is 101 Å². The molecule has 1 saturated heterocycles. The largest absolute Gasteiger partial charge is 0.387 e. The van der Waals surface area contributed by atoms with E-state index in [-0.39, 0.29) is 11.5 Å². The van der Waals surface area contributed by atoms with Gasteiger partial charge in [0.1, 0.15) is 0 Å². The molecule has 0 unspecified atom stereocenters. The van der Waals surface area contributed by atoms with Gasteiger partial charge in [-0.15, -0.1) is 0 Å². The highest BCUT2D eigenvalue weighted by Crippen LogP contribution is 2.18. The van der Waals surface area contributed by atoms with Crippen molar-refractivity contribution >= 4 is 15.5 Å². The van der Waals surface area contributed by atoms with Gasteiger partial charge in [0, 0.05) is 13.1 Å². The SMILES string of the molecule is C[C@H](O)c1ccc(N2CCS(=O)(=O)CC2)cn1. The van der Waals surface area contributed by atoms with E-state index in [0.29, 0.717) is 18.8 Å². The van der Waals surface area contributed by atoms with Crippen molar-refractivity contribution in [2.75, 3.05) is 29.5 Å². The Hall–Kier alpha value is -1.14. The Morgan fingerprint density at radius 3 is 2.47 bits per heavy atom. The van der Waals surface area contributed by atoms with E-state index in [9.17, 15) is 13.5 Å². The fourth-order valence-corrected chi connectivity index (χ4v) is 3.00. The summed E-state index contributed by atoms with van der Waals surface area (Å²) in [7, 11) is -2.85. The lowest BCUT2D eigenvalue weighted by Gasteiger charge is -2.28. The van der Waals surface area contributed by atoms with Crippen LogP contribution < -0.4 is 4.90 Å². The highest BCUT2D eigenvalue weighted by atomic mass is 32.2. The maximum absolute atomic E-state index is 11.3. The molecule has 1 aromatic heterocycles. The first-order chi connectivity index (χ1) is 7.98. The summed E-state index contributed by atoms with van der Waals surface area (Å²) in [5, 5.41) is 9.34. The van der Waals surface area contributed by atoms with Crippen LogP contribution in [0.5, 0.6) is 0 Å². The smallest absolute Gasteiger partial charge is 0.153 e. The normalized spacial score (nSPS) is 21.2. The predicted octanol–water partition coefficient (Wildman–Crippen LogP) is 0.370. The third-order valence-corrected chi connectivity index (χ3v) is 4.52. The zero-order chi connectivity index (χ0) is 12.5. The monoisotopic (exact) mass is 256 g/mol. The minimum atomic E-state index is -2.85. The van der Waals surface area contributed by atoms with Crippen LogP contribution in [0.1, 0.15) is 18.7 Å². The number of pyridine rings is 1. The van der Waals surface area contributed by atoms with Gasteiger partial charge in [-0.05, 0) is 19.1 Å². The quantitative estimate of drug-likeness (QED) is 0.828. The van der Waals surface area contributed by atoms with Crippen LogP contribution in [0.15, 0.2) is 18.3 Å². The van der Waals surface area contributed by atoms with Crippen molar-refractivity contribution in [3.8, 4) is 0 Å². The topological polar surface area (TPSA) is 70.5 Å². The first-order valence-electron chi connectivity index (χ1n) is 5.57. The van der Waals surface area contributed by atoms with E-state index in [1.807, 2.05) is 11.0 Å². The average molecular weight is 256 g/mol. The van der Waals surface area contributed by atoms with Crippen molar-refractivity contribution in [3.63, 3.8) is 0 Å². The van der Waals surface area contributed by atoms with Crippen LogP contribution in [-0.4, -0.2) is 43.1 Å². The van der Waals surface area contributed by atoms with E-state index >= 15 is 0 Å². The number of aliphatic hydroxyl groups excluding tert-OH is 1. The number of hydrogen-bond acceptors (Lipinski definition) is 5. The van der Waals surface area contributed by atoms with Crippen molar-refractivity contribution in [1.29, 1.82) is 0 Å². The van der Waals surface area contributed by atoms with Crippen LogP contribution in [0.4, 0.5) is 5.69 Å². The molecule has 5 nitrogen and oxygen atoms in total. The van der Waals surface area contributed by atoms with Crippen LogP contribution in [0.25, 0.3) is 0 Å². The average Bonchev–Trinajstić information content (AvgIpc) is 2.29. The molecule has 94 valence electrons. The van der Waals surface area contributed by atoms with Gasteiger partial charge in [0.15, 0.2) is 9.84 Å². The molecule has 6 heteroatoms. The fourth-order valence-electron chi connectivity index (χ4n) is 1.80. The number of hydrogen-bond donors (Lipinski definition) is 1. The number of nitrogens with zero attached hydrogens (tertiary/aromatic N) is 2. The van der Waals surface area contributed by atoms with E-state index in [2.05, 4.69) is 4.98 Å². The van der Waals surface area contributed by atoms with Gasteiger partial charge in [-0.25, -0.2) is 8.42 Å². The minimum Gasteiger partial charge on any atom is -0.387 e. The highest BCUT2D eigenvalue weighted by Gasteiger charge is 2.21. The van der Waals surface area contributed by atoms with Crippen LogP contribution in [-0.2, 0) is 9.84 Å². The molecule has 1 aromatic rings. The highest BCUT2D eigenvalue weighted by molar-refractivity contribution is 7.91. The number of sulfone groups is 1. The van der Waals surface area contributed by atoms with Crippen LogP contribution in [0.3, 0.4) is 0 Å². The molecule has 2 rings (SSSR count). The molecule has 0 saturated carbocycles. The molecule has 1 aliphatic rings. The van der Waals surface area contributed by atoms with Gasteiger partial charge in [0.05, 0.1) is 35.2 Å². The fraction of sp³-hybridized carbons (Fsp3) is 0.545. The molecular formula is C11H16N2O3S. The molecule has 0 bridgehead atoms. The van der Waals surface area contributed by atoms with Crippen molar-refractivity contribution in [1.82, 2.24) is 4.98 Å². The number of rotatable bonds is 2. The second-order valence-corrected chi connectivity index (χ2v) is 6.56. The molecule has 0 radical (unpaired) electrons. The molecule has 1 fully saturated rings. The molecule has 0 aromatic carbocycles. The van der Waals surface area contributed by atoms with E-state index < -0.39 is 15.9 Å². The minimum absolute atomic E-state index is 0.200. The third kappa shape index (κ3) is 2.95. The second-order valence-electron chi connectivity index (χ2n) is 4.26. The summed E-state index contributed by atoms with van der Waals surface area (Å²) in [5.74, 6) is 0.399. The summed E-state index contributed by atoms with van der Waals surface area (Å²) in [6, 6.07) is 3.64. The van der Waals surface area contributed by atoms with Gasteiger partial charge >= 0.3 is 0 Å². The van der Waals surface area contributed by atoms with Gasteiger partial charge in [-0.3, -0.25) is 4.98 Å². The number of aromatic nitrogens is 1. The summed E-state index contributed by atoms with van der Waals surface area (Å²) >= 11 is 0. The molecule has 0 aliphatic carbocycles. The summed E-state index contributed by atoms with van der Waals surface area (Å²) in [4.78, 5) is 6.15. The lowest BCUT2D eigenvalue weighted by molar-refractivity contribution is 0.194. The van der Waals surface area contributed by atoms with E-state index in [0.717, 1.165) is 5.69 Å². The maximum atomic E-state index is 11.3. The molecule has 1 N–H and O–H groups in total. The lowest BCUT2D eigenvalue weighted by Crippen LogP contribution is -2.40. The molecule has 1 atom stereocenters. The third-order valence-electron chi connectivity index (χ3n) is 2.91. The van der Waals surface area contributed by atoms with Crippen LogP contribution >= 0.6 is 0 Å². The molecule has 0 spiro atoms. The van der Waals surface area contributed by atoms with Crippen LogP contribution in [0, 0.1) is 0 Å². The standard InChI is InChI=1S/C11H16N2O3S/c1-9(14)11-3-2-10(8-12-11)13-4-6-17(15,16)7-5-13/h2-3,8-9,14H,4-7H2,1H3/t9-/m0/s1. The second kappa shape index (κ2) is 4.62. The first kappa shape index (κ1) is 12.3. The van der Waals surface area contributed by atoms with Gasteiger partial charge in [0.25, 0.3) is 0 Å². The zero-order valence-corrected chi connectivity index (χ0v) is 10.5. The van der Waals surface area contributed by atoms with Crippen molar-refractivity contribution in [3.05, 3.63) is 24.0 Å². The van der Waals surface area contributed by atoms with E-state index in [1.54, 1.807) is 19.2 Å².